The third kappa shape index (κ3) is 3.64. The Hall–Kier alpha value is -2.93. The number of hydrogen-bond donors (Lipinski definition) is 2. The Bertz CT molecular complexity index is 805. The fourth-order valence-corrected chi connectivity index (χ4v) is 2.70. The topological polar surface area (TPSA) is 76.1 Å². The standard InChI is InChI=1S/C16H14N4O2S/c1-22-13-7-3-2-6-11(13)12-10-23-16(18-12)20-15(21)19-14-8-4-5-9-17-14/h2-10H,1H3,(H2,17,18,19,20,21). The highest BCUT2D eigenvalue weighted by Gasteiger charge is 2.11. The van der Waals surface area contributed by atoms with Crippen LogP contribution in [0.5, 0.6) is 5.75 Å². The van der Waals surface area contributed by atoms with Gasteiger partial charge in [-0.3, -0.25) is 10.6 Å². The van der Waals surface area contributed by atoms with Crippen molar-refractivity contribution in [1.82, 2.24) is 9.97 Å². The molecular weight excluding hydrogens is 312 g/mol. The summed E-state index contributed by atoms with van der Waals surface area (Å²) >= 11 is 1.34. The summed E-state index contributed by atoms with van der Waals surface area (Å²) in [5.41, 5.74) is 1.63. The van der Waals surface area contributed by atoms with E-state index in [0.29, 0.717) is 10.9 Å². The third-order valence-corrected chi connectivity index (χ3v) is 3.77. The molecule has 0 aliphatic heterocycles. The number of para-hydroxylation sites is 1. The maximum absolute atomic E-state index is 11.9. The normalized spacial score (nSPS) is 10.1. The summed E-state index contributed by atoms with van der Waals surface area (Å²) in [5, 5.41) is 7.71. The molecule has 7 heteroatoms. The second kappa shape index (κ2) is 6.89. The number of nitrogens with zero attached hydrogens (tertiary/aromatic N) is 2. The van der Waals surface area contributed by atoms with Crippen molar-refractivity contribution in [1.29, 1.82) is 0 Å². The van der Waals surface area contributed by atoms with Crippen molar-refractivity contribution in [3.8, 4) is 17.0 Å². The number of rotatable bonds is 4. The van der Waals surface area contributed by atoms with E-state index in [9.17, 15) is 4.79 Å². The molecule has 23 heavy (non-hydrogen) atoms. The summed E-state index contributed by atoms with van der Waals surface area (Å²) in [6, 6.07) is 12.5. The molecule has 3 aromatic rings. The largest absolute Gasteiger partial charge is 0.496 e. The Labute approximate surface area is 137 Å². The molecule has 3 rings (SSSR count). The minimum atomic E-state index is -0.385. The van der Waals surface area contributed by atoms with E-state index in [-0.39, 0.29) is 6.03 Å². The summed E-state index contributed by atoms with van der Waals surface area (Å²) in [4.78, 5) is 20.4. The molecule has 6 nitrogen and oxygen atoms in total. The maximum atomic E-state index is 11.9. The summed E-state index contributed by atoms with van der Waals surface area (Å²) in [6.45, 7) is 0. The molecule has 0 bridgehead atoms. The van der Waals surface area contributed by atoms with Crippen molar-refractivity contribution in [2.45, 2.75) is 0 Å². The van der Waals surface area contributed by atoms with Crippen LogP contribution in [0.15, 0.2) is 54.0 Å². The predicted molar refractivity (Wildman–Crippen MR) is 91.0 cm³/mol. The molecule has 2 aromatic heterocycles. The van der Waals surface area contributed by atoms with Crippen molar-refractivity contribution in [3.63, 3.8) is 0 Å². The molecule has 2 heterocycles. The van der Waals surface area contributed by atoms with Crippen LogP contribution in [0.4, 0.5) is 15.7 Å². The predicted octanol–water partition coefficient (Wildman–Crippen LogP) is 3.86. The van der Waals surface area contributed by atoms with E-state index < -0.39 is 0 Å². The van der Waals surface area contributed by atoms with Gasteiger partial charge in [-0.15, -0.1) is 11.3 Å². The average Bonchev–Trinajstić information content (AvgIpc) is 3.03. The molecule has 0 fully saturated rings. The first-order valence-electron chi connectivity index (χ1n) is 6.84. The van der Waals surface area contributed by atoms with E-state index >= 15 is 0 Å². The van der Waals surface area contributed by atoms with Crippen LogP contribution in [-0.2, 0) is 0 Å². The minimum absolute atomic E-state index is 0.385. The van der Waals surface area contributed by atoms with Crippen molar-refractivity contribution in [3.05, 3.63) is 54.0 Å². The first-order chi connectivity index (χ1) is 11.3. The molecule has 0 aliphatic carbocycles. The van der Waals surface area contributed by atoms with Crippen LogP contribution in [-0.4, -0.2) is 23.1 Å². The molecule has 0 radical (unpaired) electrons. The number of amides is 2. The van der Waals surface area contributed by atoms with Gasteiger partial charge in [-0.1, -0.05) is 18.2 Å². The summed E-state index contributed by atoms with van der Waals surface area (Å²) in [5.74, 6) is 1.22. The summed E-state index contributed by atoms with van der Waals surface area (Å²) < 4.78 is 5.33. The molecule has 1 aromatic carbocycles. The van der Waals surface area contributed by atoms with E-state index in [1.807, 2.05) is 29.6 Å². The number of methoxy groups -OCH3 is 1. The SMILES string of the molecule is COc1ccccc1-c1csc(NC(=O)Nc2ccccn2)n1. The van der Waals surface area contributed by atoms with Gasteiger partial charge in [0.1, 0.15) is 11.6 Å². The number of pyridine rings is 1. The fourth-order valence-electron chi connectivity index (χ4n) is 1.99. The first kappa shape index (κ1) is 15.0. The molecule has 0 atom stereocenters. The molecule has 116 valence electrons. The number of ether oxygens (including phenoxy) is 1. The maximum Gasteiger partial charge on any atom is 0.326 e. The number of thiazole rings is 1. The smallest absolute Gasteiger partial charge is 0.326 e. The minimum Gasteiger partial charge on any atom is -0.496 e. The quantitative estimate of drug-likeness (QED) is 0.763. The molecule has 0 aliphatic rings. The van der Waals surface area contributed by atoms with Gasteiger partial charge >= 0.3 is 6.03 Å². The van der Waals surface area contributed by atoms with Crippen LogP contribution in [0, 0.1) is 0 Å². The summed E-state index contributed by atoms with van der Waals surface area (Å²) in [7, 11) is 1.62. The summed E-state index contributed by atoms with van der Waals surface area (Å²) in [6.07, 6.45) is 1.61. The van der Waals surface area contributed by atoms with Crippen LogP contribution in [0.2, 0.25) is 0 Å². The number of carbonyl (C=O) groups excluding carboxylic acids is 1. The Morgan fingerprint density at radius 3 is 2.74 bits per heavy atom. The monoisotopic (exact) mass is 326 g/mol. The number of hydrogen-bond acceptors (Lipinski definition) is 5. The molecule has 0 unspecified atom stereocenters. The molecule has 0 spiro atoms. The van der Waals surface area contributed by atoms with Gasteiger partial charge in [-0.05, 0) is 24.3 Å². The number of benzene rings is 1. The fraction of sp³-hybridized carbons (Fsp3) is 0.0625. The molecular formula is C16H14N4O2S. The van der Waals surface area contributed by atoms with Crippen LogP contribution in [0.1, 0.15) is 0 Å². The van der Waals surface area contributed by atoms with E-state index in [0.717, 1.165) is 17.0 Å². The van der Waals surface area contributed by atoms with Gasteiger partial charge in [-0.25, -0.2) is 14.8 Å². The van der Waals surface area contributed by atoms with Crippen molar-refractivity contribution in [2.75, 3.05) is 17.7 Å². The lowest BCUT2D eigenvalue weighted by Crippen LogP contribution is -2.19. The van der Waals surface area contributed by atoms with Gasteiger partial charge in [-0.2, -0.15) is 0 Å². The van der Waals surface area contributed by atoms with E-state index in [4.69, 9.17) is 4.74 Å². The molecule has 0 saturated heterocycles. The zero-order valence-electron chi connectivity index (χ0n) is 12.3. The van der Waals surface area contributed by atoms with Crippen molar-refractivity contribution >= 4 is 28.3 Å². The zero-order valence-corrected chi connectivity index (χ0v) is 13.1. The lowest BCUT2D eigenvalue weighted by Gasteiger charge is -2.05. The highest BCUT2D eigenvalue weighted by molar-refractivity contribution is 7.14. The number of urea groups is 1. The lowest BCUT2D eigenvalue weighted by atomic mass is 10.1. The molecule has 0 saturated carbocycles. The molecule has 2 N–H and O–H groups in total. The Kier molecular flexibility index (Phi) is 4.49. The van der Waals surface area contributed by atoms with E-state index in [1.165, 1.54) is 11.3 Å². The Balaban J connectivity index is 1.71. The number of aromatic nitrogens is 2. The van der Waals surface area contributed by atoms with E-state index in [1.54, 1.807) is 31.5 Å². The highest BCUT2D eigenvalue weighted by Crippen LogP contribution is 2.31. The zero-order chi connectivity index (χ0) is 16.1. The van der Waals surface area contributed by atoms with Gasteiger partial charge in [0.2, 0.25) is 0 Å². The Morgan fingerprint density at radius 2 is 1.96 bits per heavy atom. The average molecular weight is 326 g/mol. The van der Waals surface area contributed by atoms with Crippen LogP contribution in [0.25, 0.3) is 11.3 Å². The van der Waals surface area contributed by atoms with Gasteiger partial charge < -0.3 is 4.74 Å². The number of carbonyl (C=O) groups is 1. The van der Waals surface area contributed by atoms with Crippen LogP contribution in [0.3, 0.4) is 0 Å². The first-order valence-corrected chi connectivity index (χ1v) is 7.72. The second-order valence-corrected chi connectivity index (χ2v) is 5.39. The van der Waals surface area contributed by atoms with Gasteiger partial charge in [0.25, 0.3) is 0 Å². The van der Waals surface area contributed by atoms with Crippen LogP contribution >= 0.6 is 11.3 Å². The molecule has 2 amide bonds. The van der Waals surface area contributed by atoms with Crippen molar-refractivity contribution < 1.29 is 9.53 Å². The highest BCUT2D eigenvalue weighted by atomic mass is 32.1. The Morgan fingerprint density at radius 1 is 1.13 bits per heavy atom. The number of anilines is 2. The van der Waals surface area contributed by atoms with Crippen LogP contribution < -0.4 is 15.4 Å². The van der Waals surface area contributed by atoms with E-state index in [2.05, 4.69) is 20.6 Å². The van der Waals surface area contributed by atoms with Crippen molar-refractivity contribution in [2.24, 2.45) is 0 Å². The second-order valence-electron chi connectivity index (χ2n) is 4.53. The van der Waals surface area contributed by atoms with Gasteiger partial charge in [0, 0.05) is 17.1 Å². The number of nitrogens with one attached hydrogen (secondary N) is 2. The van der Waals surface area contributed by atoms with Gasteiger partial charge in [0.15, 0.2) is 5.13 Å². The van der Waals surface area contributed by atoms with Gasteiger partial charge in [0.05, 0.1) is 12.8 Å². The third-order valence-electron chi connectivity index (χ3n) is 3.01. The lowest BCUT2D eigenvalue weighted by molar-refractivity contribution is 0.262.